The van der Waals surface area contributed by atoms with E-state index in [1.807, 2.05) is 84.9 Å². The highest BCUT2D eigenvalue weighted by atomic mass is 32.1. The van der Waals surface area contributed by atoms with E-state index in [0.717, 1.165) is 16.9 Å². The summed E-state index contributed by atoms with van der Waals surface area (Å²) in [5.74, 6) is 0.824. The van der Waals surface area contributed by atoms with Gasteiger partial charge in [-0.15, -0.1) is 0 Å². The Morgan fingerprint density at radius 3 is 2.39 bits per heavy atom. The average molecular weight is 527 g/mol. The molecule has 38 heavy (non-hydrogen) atoms. The maximum Gasteiger partial charge on any atom is 0.338 e. The van der Waals surface area contributed by atoms with Crippen LogP contribution in [0.25, 0.3) is 11.8 Å². The average Bonchev–Trinajstić information content (AvgIpc) is 3.27. The summed E-state index contributed by atoms with van der Waals surface area (Å²) in [6, 6.07) is 23.5. The first-order chi connectivity index (χ1) is 18.5. The van der Waals surface area contributed by atoms with Crippen molar-refractivity contribution in [1.82, 2.24) is 4.57 Å². The molecule has 0 aliphatic carbocycles. The van der Waals surface area contributed by atoms with Gasteiger partial charge in [-0.1, -0.05) is 65.9 Å². The van der Waals surface area contributed by atoms with Gasteiger partial charge >= 0.3 is 5.97 Å². The fourth-order valence-electron chi connectivity index (χ4n) is 4.42. The van der Waals surface area contributed by atoms with Crippen molar-refractivity contribution in [2.24, 2.45) is 4.99 Å². The van der Waals surface area contributed by atoms with Gasteiger partial charge in [0.25, 0.3) is 5.56 Å². The molecule has 0 fully saturated rings. The van der Waals surface area contributed by atoms with Crippen LogP contribution in [-0.4, -0.2) is 31.4 Å². The number of nitrogens with zero attached hydrogens (tertiary/aromatic N) is 2. The monoisotopic (exact) mass is 526 g/mol. The van der Waals surface area contributed by atoms with Crippen LogP contribution in [0.15, 0.2) is 94.2 Å². The van der Waals surface area contributed by atoms with Crippen LogP contribution in [0, 0.1) is 0 Å². The number of ether oxygens (including phenoxy) is 3. The van der Waals surface area contributed by atoms with E-state index >= 15 is 0 Å². The molecule has 0 N–H and O–H groups in total. The van der Waals surface area contributed by atoms with Gasteiger partial charge in [0.1, 0.15) is 11.5 Å². The predicted molar refractivity (Wildman–Crippen MR) is 147 cm³/mol. The number of rotatable bonds is 7. The molecule has 0 bridgehead atoms. The topological polar surface area (TPSA) is 79.1 Å². The Kier molecular flexibility index (Phi) is 7.24. The van der Waals surface area contributed by atoms with Crippen molar-refractivity contribution in [1.29, 1.82) is 0 Å². The molecule has 8 heteroatoms. The molecule has 0 saturated carbocycles. The van der Waals surface area contributed by atoms with E-state index in [1.165, 1.54) is 11.3 Å². The normalized spacial score (nSPS) is 15.0. The molecule has 0 amide bonds. The lowest BCUT2D eigenvalue weighted by Crippen LogP contribution is -2.40. The van der Waals surface area contributed by atoms with Gasteiger partial charge < -0.3 is 14.2 Å². The van der Waals surface area contributed by atoms with Gasteiger partial charge in [-0.2, -0.15) is 0 Å². The lowest BCUT2D eigenvalue weighted by atomic mass is 9.93. The maximum absolute atomic E-state index is 13.9. The van der Waals surface area contributed by atoms with E-state index in [9.17, 15) is 9.59 Å². The Morgan fingerprint density at radius 2 is 1.71 bits per heavy atom. The Hall–Kier alpha value is -4.43. The minimum Gasteiger partial charge on any atom is -0.497 e. The van der Waals surface area contributed by atoms with Gasteiger partial charge in [0.2, 0.25) is 0 Å². The molecule has 2 heterocycles. The first-order valence-electron chi connectivity index (χ1n) is 12.1. The van der Waals surface area contributed by atoms with Gasteiger partial charge in [-0.05, 0) is 48.4 Å². The molecule has 5 rings (SSSR count). The summed E-state index contributed by atoms with van der Waals surface area (Å²) < 4.78 is 18.3. The van der Waals surface area contributed by atoms with Crippen molar-refractivity contribution in [2.45, 2.75) is 13.0 Å². The molecule has 1 atom stereocenters. The van der Waals surface area contributed by atoms with E-state index in [2.05, 4.69) is 0 Å². The molecular weight excluding hydrogens is 500 g/mol. The zero-order valence-electron chi connectivity index (χ0n) is 21.2. The molecule has 1 aliphatic rings. The largest absolute Gasteiger partial charge is 0.497 e. The minimum absolute atomic E-state index is 0.192. The number of aromatic nitrogens is 1. The van der Waals surface area contributed by atoms with Crippen molar-refractivity contribution in [3.63, 3.8) is 0 Å². The van der Waals surface area contributed by atoms with Crippen LogP contribution in [0.3, 0.4) is 0 Å². The van der Waals surface area contributed by atoms with Crippen molar-refractivity contribution < 1.29 is 19.0 Å². The van der Waals surface area contributed by atoms with Crippen LogP contribution in [0.1, 0.15) is 29.7 Å². The second kappa shape index (κ2) is 10.9. The third-order valence-electron chi connectivity index (χ3n) is 6.20. The predicted octanol–water partition coefficient (Wildman–Crippen LogP) is 3.95. The molecule has 0 saturated heterocycles. The number of methoxy groups -OCH3 is 2. The summed E-state index contributed by atoms with van der Waals surface area (Å²) in [7, 11) is 3.19. The summed E-state index contributed by atoms with van der Waals surface area (Å²) in [6.07, 6.45) is 1.82. The number of benzene rings is 3. The lowest BCUT2D eigenvalue weighted by Gasteiger charge is -2.26. The fraction of sp³-hybridized carbons (Fsp3) is 0.167. The highest BCUT2D eigenvalue weighted by Crippen LogP contribution is 2.36. The second-order valence-electron chi connectivity index (χ2n) is 8.48. The van der Waals surface area contributed by atoms with E-state index < -0.39 is 12.0 Å². The highest BCUT2D eigenvalue weighted by Gasteiger charge is 2.35. The number of esters is 1. The summed E-state index contributed by atoms with van der Waals surface area (Å²) in [5.41, 5.74) is 2.86. The molecular formula is C30H26N2O5S. The number of carbonyl (C=O) groups excluding carboxylic acids is 1. The molecule has 3 aromatic carbocycles. The Bertz CT molecular complexity index is 1690. The third kappa shape index (κ3) is 4.78. The Balaban J connectivity index is 1.81. The fourth-order valence-corrected chi connectivity index (χ4v) is 5.42. The zero-order chi connectivity index (χ0) is 26.6. The lowest BCUT2D eigenvalue weighted by molar-refractivity contribution is -0.138. The molecule has 192 valence electrons. The second-order valence-corrected chi connectivity index (χ2v) is 9.49. The van der Waals surface area contributed by atoms with E-state index in [-0.39, 0.29) is 12.2 Å². The maximum atomic E-state index is 13.9. The third-order valence-corrected chi connectivity index (χ3v) is 7.18. The highest BCUT2D eigenvalue weighted by molar-refractivity contribution is 7.07. The molecule has 1 aliphatic heterocycles. The number of hydrogen-bond acceptors (Lipinski definition) is 7. The van der Waals surface area contributed by atoms with E-state index in [1.54, 1.807) is 25.7 Å². The van der Waals surface area contributed by atoms with Crippen LogP contribution < -0.4 is 24.4 Å². The molecule has 0 radical (unpaired) electrons. The summed E-state index contributed by atoms with van der Waals surface area (Å²) in [5, 5.41) is 0. The molecule has 1 aromatic heterocycles. The molecule has 0 spiro atoms. The van der Waals surface area contributed by atoms with Gasteiger partial charge in [0.05, 0.1) is 42.7 Å². The van der Waals surface area contributed by atoms with Gasteiger partial charge in [0.15, 0.2) is 4.80 Å². The van der Waals surface area contributed by atoms with Crippen LogP contribution in [0.2, 0.25) is 0 Å². The van der Waals surface area contributed by atoms with Crippen molar-refractivity contribution in [3.8, 4) is 11.5 Å². The van der Waals surface area contributed by atoms with Gasteiger partial charge in [-0.25, -0.2) is 9.79 Å². The van der Waals surface area contributed by atoms with Crippen LogP contribution in [0.4, 0.5) is 0 Å². The number of hydrogen-bond donors (Lipinski definition) is 0. The van der Waals surface area contributed by atoms with Gasteiger partial charge in [-0.3, -0.25) is 9.36 Å². The standard InChI is InChI=1S/C30H26N2O5S/c1-4-37-29(34)25-26(20-9-6-5-7-10-20)31-30-32(27(25)21-11-8-12-23(18-21)36-3)28(33)24(38-30)17-19-13-15-22(35-2)16-14-19/h5-18,27H,4H2,1-3H3/b24-17-/t27-/m1/s1. The smallest absolute Gasteiger partial charge is 0.338 e. The van der Waals surface area contributed by atoms with E-state index in [4.69, 9.17) is 19.2 Å². The Morgan fingerprint density at radius 1 is 0.974 bits per heavy atom. The Labute approximate surface area is 223 Å². The van der Waals surface area contributed by atoms with Gasteiger partial charge in [0, 0.05) is 5.56 Å². The number of thiazole rings is 1. The van der Waals surface area contributed by atoms with Crippen molar-refractivity contribution >= 4 is 29.1 Å². The summed E-state index contributed by atoms with van der Waals surface area (Å²) in [4.78, 5) is 32.7. The van der Waals surface area contributed by atoms with Crippen molar-refractivity contribution in [2.75, 3.05) is 20.8 Å². The van der Waals surface area contributed by atoms with Crippen LogP contribution >= 0.6 is 11.3 Å². The number of carbonyl (C=O) groups is 1. The van der Waals surface area contributed by atoms with Crippen LogP contribution in [0.5, 0.6) is 11.5 Å². The summed E-state index contributed by atoms with van der Waals surface area (Å²) >= 11 is 1.28. The molecule has 0 unspecified atom stereocenters. The first kappa shape index (κ1) is 25.2. The quantitative estimate of drug-likeness (QED) is 0.341. The SMILES string of the molecule is CCOC(=O)C1=C(c2ccccc2)N=c2s/c(=C\c3ccc(OC)cc3)c(=O)n2[C@@H]1c1cccc(OC)c1. The molecule has 7 nitrogen and oxygen atoms in total. The molecule has 4 aromatic rings. The van der Waals surface area contributed by atoms with Crippen LogP contribution in [-0.2, 0) is 9.53 Å². The summed E-state index contributed by atoms with van der Waals surface area (Å²) in [6.45, 7) is 1.95. The minimum atomic E-state index is -0.756. The van der Waals surface area contributed by atoms with E-state index in [0.29, 0.717) is 31.9 Å². The van der Waals surface area contributed by atoms with Crippen molar-refractivity contribution in [3.05, 3.63) is 121 Å². The first-order valence-corrected chi connectivity index (χ1v) is 12.9. The zero-order valence-corrected chi connectivity index (χ0v) is 22.0. The number of fused-ring (bicyclic) bond motifs is 1.